The Labute approximate surface area is 56.2 Å². The van der Waals surface area contributed by atoms with Gasteiger partial charge in [-0.15, -0.1) is 0 Å². The molecule has 0 aliphatic heterocycles. The molecule has 0 spiro atoms. The molecule has 1 N–H and O–H groups in total. The Balaban J connectivity index is 3.52. The number of hydrogen-bond acceptors (Lipinski definition) is 3. The molecule has 0 fully saturated rings. The number of hydrogen-bond donors (Lipinski definition) is 1. The van der Waals surface area contributed by atoms with Crippen molar-refractivity contribution < 1.29 is 0 Å². The van der Waals surface area contributed by atoms with Crippen LogP contribution in [0.2, 0.25) is 0 Å². The van der Waals surface area contributed by atoms with Gasteiger partial charge in [-0.05, 0) is 12.2 Å². The van der Waals surface area contributed by atoms with E-state index in [2.05, 4.69) is 22.3 Å². The number of aryl methyl sites for hydroxylation is 1. The molecular formula is C4H5N3OS. The summed E-state index contributed by atoms with van der Waals surface area (Å²) < 4.78 is 1.75. The molecule has 0 aliphatic rings. The lowest BCUT2D eigenvalue weighted by molar-refractivity contribution is 0.688. The number of aromatic nitrogens is 3. The highest BCUT2D eigenvalue weighted by molar-refractivity contribution is 7.71. The lowest BCUT2D eigenvalue weighted by atomic mass is 10.9. The van der Waals surface area contributed by atoms with Gasteiger partial charge in [-0.1, -0.05) is 0 Å². The van der Waals surface area contributed by atoms with Crippen LogP contribution in [-0.2, 0) is 7.05 Å². The molecule has 1 heterocycles. The molecule has 0 bridgehead atoms. The molecule has 0 saturated carbocycles. The fourth-order valence-corrected chi connectivity index (χ4v) is 0.558. The van der Waals surface area contributed by atoms with E-state index in [4.69, 9.17) is 0 Å². The summed E-state index contributed by atoms with van der Waals surface area (Å²) in [6.07, 6.45) is 1.18. The number of aromatic amines is 1. The fourth-order valence-electron chi connectivity index (χ4n) is 0.410. The number of nitrogens with zero attached hydrogens (tertiary/aromatic N) is 2. The third-order valence-electron chi connectivity index (χ3n) is 0.872. The molecule has 0 saturated heterocycles. The quantitative estimate of drug-likeness (QED) is 0.513. The van der Waals surface area contributed by atoms with Crippen molar-refractivity contribution in [1.29, 1.82) is 0 Å². The first-order chi connectivity index (χ1) is 4.20. The lowest BCUT2D eigenvalue weighted by Crippen LogP contribution is -2.11. The smallest absolute Gasteiger partial charge is 0.270 e. The van der Waals surface area contributed by atoms with Gasteiger partial charge in [0.25, 0.3) is 5.56 Å². The predicted molar refractivity (Wildman–Crippen MR) is 34.7 cm³/mol. The van der Waals surface area contributed by atoms with E-state index in [-0.39, 0.29) is 5.56 Å². The van der Waals surface area contributed by atoms with Crippen LogP contribution in [0.15, 0.2) is 11.0 Å². The van der Waals surface area contributed by atoms with E-state index in [1.807, 2.05) is 0 Å². The van der Waals surface area contributed by atoms with Crippen LogP contribution in [0.4, 0.5) is 0 Å². The van der Waals surface area contributed by atoms with E-state index in [0.29, 0.717) is 4.77 Å². The summed E-state index contributed by atoms with van der Waals surface area (Å²) in [5, 5.41) is 3.65. The lowest BCUT2D eigenvalue weighted by Gasteiger charge is -1.90. The number of H-pyrrole nitrogens is 1. The van der Waals surface area contributed by atoms with Crippen LogP contribution in [-0.4, -0.2) is 14.8 Å². The van der Waals surface area contributed by atoms with Crippen LogP contribution >= 0.6 is 12.2 Å². The summed E-state index contributed by atoms with van der Waals surface area (Å²) in [5.41, 5.74) is -0.266. The largest absolute Gasteiger partial charge is 0.297 e. The Hall–Kier alpha value is -0.970. The Bertz CT molecular complexity index is 312. The Morgan fingerprint density at radius 1 is 1.89 bits per heavy atom. The number of nitrogens with one attached hydrogen (secondary N) is 1. The van der Waals surface area contributed by atoms with Crippen molar-refractivity contribution in [3.8, 4) is 0 Å². The minimum atomic E-state index is -0.266. The van der Waals surface area contributed by atoms with Gasteiger partial charge in [-0.25, -0.2) is 4.68 Å². The molecule has 0 unspecified atom stereocenters. The zero-order chi connectivity index (χ0) is 6.85. The van der Waals surface area contributed by atoms with Gasteiger partial charge in [-0.3, -0.25) is 9.78 Å². The van der Waals surface area contributed by atoms with Crippen molar-refractivity contribution in [2.24, 2.45) is 7.05 Å². The third kappa shape index (κ3) is 1.23. The van der Waals surface area contributed by atoms with Crippen molar-refractivity contribution in [1.82, 2.24) is 14.8 Å². The Morgan fingerprint density at radius 3 is 3.00 bits per heavy atom. The van der Waals surface area contributed by atoms with E-state index in [9.17, 15) is 4.79 Å². The predicted octanol–water partition coefficient (Wildman–Crippen LogP) is -0.162. The summed E-state index contributed by atoms with van der Waals surface area (Å²) in [7, 11) is 1.66. The second-order valence-electron chi connectivity index (χ2n) is 1.56. The van der Waals surface area contributed by atoms with Gasteiger partial charge in [0.15, 0.2) is 4.77 Å². The molecule has 0 amide bonds. The maximum atomic E-state index is 10.4. The normalized spacial score (nSPS) is 9.44. The van der Waals surface area contributed by atoms with Gasteiger partial charge in [0.05, 0.1) is 0 Å². The average molecular weight is 143 g/mol. The van der Waals surface area contributed by atoms with Crippen molar-refractivity contribution in [3.05, 3.63) is 21.3 Å². The SMILES string of the molecule is Cn1ncc(=O)[nH]c1=S. The van der Waals surface area contributed by atoms with Crippen LogP contribution < -0.4 is 5.56 Å². The van der Waals surface area contributed by atoms with Crippen LogP contribution in [0.25, 0.3) is 0 Å². The van der Waals surface area contributed by atoms with Crippen LogP contribution in [0.3, 0.4) is 0 Å². The summed E-state index contributed by atoms with van der Waals surface area (Å²) in [6, 6.07) is 0. The topological polar surface area (TPSA) is 50.7 Å². The monoisotopic (exact) mass is 143 g/mol. The second-order valence-corrected chi connectivity index (χ2v) is 1.95. The fraction of sp³-hybridized carbons (Fsp3) is 0.250. The summed E-state index contributed by atoms with van der Waals surface area (Å²) in [5.74, 6) is 0. The van der Waals surface area contributed by atoms with Gasteiger partial charge in [0.1, 0.15) is 6.20 Å². The maximum absolute atomic E-state index is 10.4. The first kappa shape index (κ1) is 6.15. The van der Waals surface area contributed by atoms with Crippen molar-refractivity contribution >= 4 is 12.2 Å². The molecule has 1 rings (SSSR count). The summed E-state index contributed by atoms with van der Waals surface area (Å²) in [6.45, 7) is 0. The summed E-state index contributed by atoms with van der Waals surface area (Å²) >= 11 is 4.69. The van der Waals surface area contributed by atoms with Gasteiger partial charge < -0.3 is 0 Å². The molecule has 4 nitrogen and oxygen atoms in total. The molecule has 0 aromatic carbocycles. The van der Waals surface area contributed by atoms with Gasteiger partial charge in [-0.2, -0.15) is 5.10 Å². The third-order valence-corrected chi connectivity index (χ3v) is 1.24. The molecular weight excluding hydrogens is 138 g/mol. The zero-order valence-corrected chi connectivity index (χ0v) is 5.60. The highest BCUT2D eigenvalue weighted by atomic mass is 32.1. The molecule has 0 radical (unpaired) electrons. The van der Waals surface area contributed by atoms with E-state index >= 15 is 0 Å². The highest BCUT2D eigenvalue weighted by Crippen LogP contribution is 1.71. The molecule has 1 aromatic heterocycles. The van der Waals surface area contributed by atoms with E-state index < -0.39 is 0 Å². The molecule has 48 valence electrons. The average Bonchev–Trinajstić information content (AvgIpc) is 1.80. The van der Waals surface area contributed by atoms with Crippen LogP contribution in [0, 0.1) is 4.77 Å². The minimum absolute atomic E-state index is 0.266. The van der Waals surface area contributed by atoms with Gasteiger partial charge in [0.2, 0.25) is 0 Å². The Kier molecular flexibility index (Phi) is 1.44. The van der Waals surface area contributed by atoms with Gasteiger partial charge >= 0.3 is 0 Å². The standard InChI is InChI=1S/C4H5N3OS/c1-7-4(9)6-3(8)2-5-7/h2H,1H3,(H,6,8,9). The molecule has 5 heteroatoms. The first-order valence-electron chi connectivity index (χ1n) is 2.33. The molecule has 9 heavy (non-hydrogen) atoms. The molecule has 1 aromatic rings. The summed E-state index contributed by atoms with van der Waals surface area (Å²) in [4.78, 5) is 12.8. The molecule has 0 aliphatic carbocycles. The highest BCUT2D eigenvalue weighted by Gasteiger charge is 1.83. The van der Waals surface area contributed by atoms with Crippen molar-refractivity contribution in [2.75, 3.05) is 0 Å². The van der Waals surface area contributed by atoms with Crippen molar-refractivity contribution in [3.63, 3.8) is 0 Å². The number of rotatable bonds is 0. The van der Waals surface area contributed by atoms with Crippen LogP contribution in [0.5, 0.6) is 0 Å². The van der Waals surface area contributed by atoms with Crippen LogP contribution in [0.1, 0.15) is 0 Å². The molecule has 0 atom stereocenters. The maximum Gasteiger partial charge on any atom is 0.270 e. The second kappa shape index (κ2) is 2.10. The van der Waals surface area contributed by atoms with Crippen molar-refractivity contribution in [2.45, 2.75) is 0 Å². The van der Waals surface area contributed by atoms with E-state index in [1.54, 1.807) is 7.05 Å². The van der Waals surface area contributed by atoms with E-state index in [1.165, 1.54) is 10.9 Å². The Morgan fingerprint density at radius 2 is 2.56 bits per heavy atom. The zero-order valence-electron chi connectivity index (χ0n) is 4.79. The van der Waals surface area contributed by atoms with E-state index in [0.717, 1.165) is 0 Å². The first-order valence-corrected chi connectivity index (χ1v) is 2.73. The minimum Gasteiger partial charge on any atom is -0.297 e. The van der Waals surface area contributed by atoms with Gasteiger partial charge in [0, 0.05) is 7.05 Å².